The summed E-state index contributed by atoms with van der Waals surface area (Å²) in [4.78, 5) is 12.9. The number of H-pyrrole nitrogens is 1. The summed E-state index contributed by atoms with van der Waals surface area (Å²) in [5, 5.41) is 7.98. The Balaban J connectivity index is 1.53. The standard InChI is InChI=1S/C19H17N5O3/c1-25-15-8-7-12(9-16(15)26-2)18-22-17(23-24-18)10-27-19-13-5-3-4-6-14(13)20-11-21-19/h3-9,11H,10H2,1-2H3,(H,22,23,24). The molecule has 0 radical (unpaired) electrons. The fourth-order valence-electron chi connectivity index (χ4n) is 2.70. The van der Waals surface area contributed by atoms with Crippen LogP contribution in [0.25, 0.3) is 22.3 Å². The van der Waals surface area contributed by atoms with Crippen LogP contribution in [0.15, 0.2) is 48.8 Å². The van der Waals surface area contributed by atoms with Gasteiger partial charge in [0.05, 0.1) is 25.1 Å². The van der Waals surface area contributed by atoms with Gasteiger partial charge in [0.2, 0.25) is 5.88 Å². The maximum Gasteiger partial charge on any atom is 0.224 e. The zero-order valence-electron chi connectivity index (χ0n) is 14.8. The third-order valence-electron chi connectivity index (χ3n) is 4.03. The summed E-state index contributed by atoms with van der Waals surface area (Å²) >= 11 is 0. The van der Waals surface area contributed by atoms with Crippen LogP contribution in [0.5, 0.6) is 17.4 Å². The molecule has 2 aromatic carbocycles. The van der Waals surface area contributed by atoms with Crippen molar-refractivity contribution in [1.29, 1.82) is 0 Å². The number of benzene rings is 2. The number of aromatic nitrogens is 5. The minimum atomic E-state index is 0.210. The summed E-state index contributed by atoms with van der Waals surface area (Å²) < 4.78 is 16.4. The van der Waals surface area contributed by atoms with Gasteiger partial charge in [-0.2, -0.15) is 5.10 Å². The first-order chi connectivity index (χ1) is 13.3. The normalized spacial score (nSPS) is 10.7. The van der Waals surface area contributed by atoms with E-state index in [0.717, 1.165) is 16.5 Å². The average Bonchev–Trinajstić information content (AvgIpc) is 3.20. The topological polar surface area (TPSA) is 95.0 Å². The molecule has 0 aliphatic rings. The summed E-state index contributed by atoms with van der Waals surface area (Å²) in [6, 6.07) is 13.2. The Kier molecular flexibility index (Phi) is 4.52. The molecule has 2 aromatic heterocycles. The Morgan fingerprint density at radius 1 is 0.963 bits per heavy atom. The van der Waals surface area contributed by atoms with Gasteiger partial charge < -0.3 is 14.2 Å². The Morgan fingerprint density at radius 3 is 2.67 bits per heavy atom. The molecule has 0 spiro atoms. The summed E-state index contributed by atoms with van der Waals surface area (Å²) in [5.74, 6) is 2.90. The average molecular weight is 363 g/mol. The molecule has 2 heterocycles. The van der Waals surface area contributed by atoms with Crippen molar-refractivity contribution < 1.29 is 14.2 Å². The van der Waals surface area contributed by atoms with E-state index < -0.39 is 0 Å². The zero-order chi connectivity index (χ0) is 18.6. The number of ether oxygens (including phenoxy) is 3. The van der Waals surface area contributed by atoms with Gasteiger partial charge in [-0.1, -0.05) is 12.1 Å². The third-order valence-corrected chi connectivity index (χ3v) is 4.03. The van der Waals surface area contributed by atoms with Gasteiger partial charge in [0, 0.05) is 5.56 Å². The van der Waals surface area contributed by atoms with Crippen molar-refractivity contribution in [1.82, 2.24) is 25.1 Å². The monoisotopic (exact) mass is 363 g/mol. The zero-order valence-corrected chi connectivity index (χ0v) is 14.8. The number of nitrogens with zero attached hydrogens (tertiary/aromatic N) is 4. The van der Waals surface area contributed by atoms with E-state index in [1.165, 1.54) is 6.33 Å². The van der Waals surface area contributed by atoms with Crippen molar-refractivity contribution in [3.63, 3.8) is 0 Å². The van der Waals surface area contributed by atoms with Crippen LogP contribution in [0.4, 0.5) is 0 Å². The molecule has 8 nitrogen and oxygen atoms in total. The van der Waals surface area contributed by atoms with Gasteiger partial charge in [0.1, 0.15) is 12.9 Å². The van der Waals surface area contributed by atoms with Crippen molar-refractivity contribution in [3.05, 3.63) is 54.6 Å². The quantitative estimate of drug-likeness (QED) is 0.562. The van der Waals surface area contributed by atoms with Crippen molar-refractivity contribution in [2.45, 2.75) is 6.61 Å². The minimum Gasteiger partial charge on any atom is -0.493 e. The van der Waals surface area contributed by atoms with Crippen LogP contribution in [0.2, 0.25) is 0 Å². The van der Waals surface area contributed by atoms with E-state index >= 15 is 0 Å². The number of nitrogens with one attached hydrogen (secondary N) is 1. The molecule has 0 aliphatic heterocycles. The van der Waals surface area contributed by atoms with Gasteiger partial charge in [-0.3, -0.25) is 5.10 Å². The van der Waals surface area contributed by atoms with Crippen molar-refractivity contribution in [2.75, 3.05) is 14.2 Å². The number of fused-ring (bicyclic) bond motifs is 1. The second-order valence-corrected chi connectivity index (χ2v) is 5.66. The van der Waals surface area contributed by atoms with Crippen molar-refractivity contribution in [3.8, 4) is 28.8 Å². The van der Waals surface area contributed by atoms with Gasteiger partial charge >= 0.3 is 0 Å². The van der Waals surface area contributed by atoms with Gasteiger partial charge in [0.25, 0.3) is 0 Å². The Labute approximate surface area is 155 Å². The first-order valence-electron chi connectivity index (χ1n) is 8.24. The molecular weight excluding hydrogens is 346 g/mol. The number of aromatic amines is 1. The number of methoxy groups -OCH3 is 2. The summed E-state index contributed by atoms with van der Waals surface area (Å²) in [6.07, 6.45) is 1.48. The van der Waals surface area contributed by atoms with E-state index in [9.17, 15) is 0 Å². The molecule has 0 unspecified atom stereocenters. The highest BCUT2D eigenvalue weighted by molar-refractivity contribution is 5.82. The van der Waals surface area contributed by atoms with Gasteiger partial charge in [-0.15, -0.1) is 0 Å². The van der Waals surface area contributed by atoms with E-state index in [0.29, 0.717) is 29.0 Å². The SMILES string of the molecule is COc1ccc(-c2n[nH]c(COc3ncnc4ccccc34)n2)cc1OC. The van der Waals surface area contributed by atoms with Crippen LogP contribution in [-0.4, -0.2) is 39.4 Å². The predicted octanol–water partition coefficient (Wildman–Crippen LogP) is 3.01. The van der Waals surface area contributed by atoms with Crippen LogP contribution in [0.3, 0.4) is 0 Å². The summed E-state index contributed by atoms with van der Waals surface area (Å²) in [5.41, 5.74) is 1.63. The molecule has 8 heteroatoms. The smallest absolute Gasteiger partial charge is 0.224 e. The fourth-order valence-corrected chi connectivity index (χ4v) is 2.70. The summed E-state index contributed by atoms with van der Waals surface area (Å²) in [6.45, 7) is 0.210. The van der Waals surface area contributed by atoms with E-state index in [1.54, 1.807) is 14.2 Å². The van der Waals surface area contributed by atoms with Crippen LogP contribution < -0.4 is 14.2 Å². The number of rotatable bonds is 6. The minimum absolute atomic E-state index is 0.210. The van der Waals surface area contributed by atoms with Crippen LogP contribution in [0.1, 0.15) is 5.82 Å². The van der Waals surface area contributed by atoms with Crippen molar-refractivity contribution >= 4 is 10.9 Å². The summed E-state index contributed by atoms with van der Waals surface area (Å²) in [7, 11) is 3.18. The maximum atomic E-state index is 5.81. The number of hydrogen-bond acceptors (Lipinski definition) is 7. The number of hydrogen-bond donors (Lipinski definition) is 1. The molecule has 1 N–H and O–H groups in total. The molecule has 0 saturated carbocycles. The predicted molar refractivity (Wildman–Crippen MR) is 98.8 cm³/mol. The second-order valence-electron chi connectivity index (χ2n) is 5.66. The van der Waals surface area contributed by atoms with Crippen LogP contribution >= 0.6 is 0 Å². The number of para-hydroxylation sites is 1. The van der Waals surface area contributed by atoms with E-state index in [4.69, 9.17) is 14.2 Å². The molecular formula is C19H17N5O3. The van der Waals surface area contributed by atoms with Crippen molar-refractivity contribution in [2.24, 2.45) is 0 Å². The van der Waals surface area contributed by atoms with Gasteiger partial charge in [0.15, 0.2) is 23.1 Å². The molecule has 0 aliphatic carbocycles. The van der Waals surface area contributed by atoms with Crippen LogP contribution in [-0.2, 0) is 6.61 Å². The molecule has 0 amide bonds. The third kappa shape index (κ3) is 3.37. The lowest BCUT2D eigenvalue weighted by atomic mass is 10.2. The van der Waals surface area contributed by atoms with Gasteiger partial charge in [-0.05, 0) is 30.3 Å². The lowest BCUT2D eigenvalue weighted by Gasteiger charge is -2.07. The Bertz CT molecular complexity index is 1070. The molecule has 0 saturated heterocycles. The lowest BCUT2D eigenvalue weighted by molar-refractivity contribution is 0.288. The Morgan fingerprint density at radius 2 is 1.81 bits per heavy atom. The molecule has 4 aromatic rings. The molecule has 4 rings (SSSR count). The molecule has 136 valence electrons. The van der Waals surface area contributed by atoms with E-state index in [2.05, 4.69) is 25.1 Å². The second kappa shape index (κ2) is 7.28. The lowest BCUT2D eigenvalue weighted by Crippen LogP contribution is -2.00. The highest BCUT2D eigenvalue weighted by atomic mass is 16.5. The molecule has 27 heavy (non-hydrogen) atoms. The Hall–Kier alpha value is -3.68. The first kappa shape index (κ1) is 16.8. The largest absolute Gasteiger partial charge is 0.493 e. The maximum absolute atomic E-state index is 5.81. The highest BCUT2D eigenvalue weighted by Crippen LogP contribution is 2.31. The van der Waals surface area contributed by atoms with Crippen LogP contribution in [0, 0.1) is 0 Å². The highest BCUT2D eigenvalue weighted by Gasteiger charge is 2.11. The van der Waals surface area contributed by atoms with Gasteiger partial charge in [-0.25, -0.2) is 15.0 Å². The molecule has 0 bridgehead atoms. The molecule has 0 atom stereocenters. The van der Waals surface area contributed by atoms with E-state index in [1.807, 2.05) is 42.5 Å². The fraction of sp³-hybridized carbons (Fsp3) is 0.158. The molecule has 0 fully saturated rings. The first-order valence-corrected chi connectivity index (χ1v) is 8.24. The van der Waals surface area contributed by atoms with E-state index in [-0.39, 0.29) is 6.61 Å².